The molecule has 2 atom stereocenters. The summed E-state index contributed by atoms with van der Waals surface area (Å²) in [6.07, 6.45) is 3.25. The summed E-state index contributed by atoms with van der Waals surface area (Å²) in [6, 6.07) is 5.00. The van der Waals surface area contributed by atoms with Crippen molar-refractivity contribution in [1.82, 2.24) is 5.32 Å². The lowest BCUT2D eigenvalue weighted by Crippen LogP contribution is -2.42. The van der Waals surface area contributed by atoms with Gasteiger partial charge in [0.2, 0.25) is 5.91 Å². The maximum absolute atomic E-state index is 12.1. The van der Waals surface area contributed by atoms with E-state index in [0.717, 1.165) is 24.9 Å². The zero-order chi connectivity index (χ0) is 15.1. The third-order valence-electron chi connectivity index (χ3n) is 3.02. The molecule has 3 nitrogen and oxygen atoms in total. The van der Waals surface area contributed by atoms with E-state index in [2.05, 4.69) is 17.6 Å². The molecule has 0 aromatic heterocycles. The van der Waals surface area contributed by atoms with Gasteiger partial charge in [-0.05, 0) is 38.5 Å². The van der Waals surface area contributed by atoms with Crippen molar-refractivity contribution in [2.75, 3.05) is 5.32 Å². The first-order valence-corrected chi connectivity index (χ1v) is 7.71. The molecule has 2 N–H and O–H groups in total. The molecule has 0 aliphatic heterocycles. The molecule has 0 aliphatic carbocycles. The Morgan fingerprint density at radius 1 is 1.20 bits per heavy atom. The quantitative estimate of drug-likeness (QED) is 0.778. The van der Waals surface area contributed by atoms with E-state index in [1.807, 2.05) is 13.8 Å². The Balaban J connectivity index is 2.52. The Bertz CT molecular complexity index is 431. The fraction of sp³-hybridized carbons (Fsp3) is 0.533. The van der Waals surface area contributed by atoms with Gasteiger partial charge in [-0.25, -0.2) is 0 Å². The van der Waals surface area contributed by atoms with Gasteiger partial charge in [0, 0.05) is 21.8 Å². The molecule has 5 heteroatoms. The fourth-order valence-electron chi connectivity index (χ4n) is 1.90. The number of hydrogen-bond donors (Lipinski definition) is 2. The minimum Gasteiger partial charge on any atom is -0.374 e. The van der Waals surface area contributed by atoms with E-state index in [4.69, 9.17) is 23.2 Å². The van der Waals surface area contributed by atoms with Crippen LogP contribution in [0.5, 0.6) is 0 Å². The summed E-state index contributed by atoms with van der Waals surface area (Å²) >= 11 is 11.9. The Morgan fingerprint density at radius 3 is 2.35 bits per heavy atom. The summed E-state index contributed by atoms with van der Waals surface area (Å²) in [4.78, 5) is 12.1. The van der Waals surface area contributed by atoms with Crippen LogP contribution in [0, 0.1) is 0 Å². The molecule has 0 heterocycles. The number of benzene rings is 1. The van der Waals surface area contributed by atoms with Crippen LogP contribution in [0.1, 0.15) is 40.0 Å². The summed E-state index contributed by atoms with van der Waals surface area (Å²) in [5.41, 5.74) is 0.742. The van der Waals surface area contributed by atoms with Crippen molar-refractivity contribution in [3.8, 4) is 0 Å². The highest BCUT2D eigenvalue weighted by molar-refractivity contribution is 6.35. The zero-order valence-corrected chi connectivity index (χ0v) is 13.7. The number of rotatable bonds is 7. The van der Waals surface area contributed by atoms with Crippen LogP contribution in [0.3, 0.4) is 0 Å². The maximum atomic E-state index is 12.1. The van der Waals surface area contributed by atoms with Crippen LogP contribution in [0.25, 0.3) is 0 Å². The second-order valence-corrected chi connectivity index (χ2v) is 5.95. The van der Waals surface area contributed by atoms with Crippen LogP contribution < -0.4 is 10.6 Å². The van der Waals surface area contributed by atoms with Gasteiger partial charge in [-0.2, -0.15) is 0 Å². The SMILES string of the molecule is CCCC[C@H](C)NC(=O)C(C)Nc1cc(Cl)cc(Cl)c1. The summed E-state index contributed by atoms with van der Waals surface area (Å²) < 4.78 is 0. The molecule has 1 amide bonds. The Labute approximate surface area is 131 Å². The van der Waals surface area contributed by atoms with Gasteiger partial charge in [0.05, 0.1) is 0 Å². The highest BCUT2D eigenvalue weighted by Crippen LogP contribution is 2.22. The molecular weight excluding hydrogens is 295 g/mol. The Hall–Kier alpha value is -0.930. The predicted octanol–water partition coefficient (Wildman–Crippen LogP) is 4.49. The summed E-state index contributed by atoms with van der Waals surface area (Å²) in [7, 11) is 0. The van der Waals surface area contributed by atoms with Gasteiger partial charge in [-0.1, -0.05) is 43.0 Å². The zero-order valence-electron chi connectivity index (χ0n) is 12.2. The van der Waals surface area contributed by atoms with Gasteiger partial charge < -0.3 is 10.6 Å². The standard InChI is InChI=1S/C15H22Cl2N2O/c1-4-5-6-10(2)18-15(20)11(3)19-14-8-12(16)7-13(17)9-14/h7-11,19H,4-6H2,1-3H3,(H,18,20)/t10-,11?/m0/s1. The first kappa shape index (κ1) is 17.1. The summed E-state index contributed by atoms with van der Waals surface area (Å²) in [5.74, 6) is -0.0234. The van der Waals surface area contributed by atoms with E-state index in [-0.39, 0.29) is 18.0 Å². The molecule has 112 valence electrons. The number of halogens is 2. The van der Waals surface area contributed by atoms with Crippen molar-refractivity contribution in [3.05, 3.63) is 28.2 Å². The average Bonchev–Trinajstić information content (AvgIpc) is 2.34. The lowest BCUT2D eigenvalue weighted by molar-refractivity contribution is -0.122. The number of nitrogens with one attached hydrogen (secondary N) is 2. The van der Waals surface area contributed by atoms with Crippen molar-refractivity contribution in [3.63, 3.8) is 0 Å². The largest absolute Gasteiger partial charge is 0.374 e. The highest BCUT2D eigenvalue weighted by Gasteiger charge is 2.15. The molecule has 0 saturated carbocycles. The van der Waals surface area contributed by atoms with E-state index in [1.165, 1.54) is 0 Å². The topological polar surface area (TPSA) is 41.1 Å². The minimum atomic E-state index is -0.339. The van der Waals surface area contributed by atoms with Gasteiger partial charge in [-0.15, -0.1) is 0 Å². The Morgan fingerprint density at radius 2 is 1.80 bits per heavy atom. The number of carbonyl (C=O) groups excluding carboxylic acids is 1. The highest BCUT2D eigenvalue weighted by atomic mass is 35.5. The predicted molar refractivity (Wildman–Crippen MR) is 86.7 cm³/mol. The van der Waals surface area contributed by atoms with Crippen molar-refractivity contribution in [1.29, 1.82) is 0 Å². The van der Waals surface area contributed by atoms with Gasteiger partial charge >= 0.3 is 0 Å². The third-order valence-corrected chi connectivity index (χ3v) is 3.45. The van der Waals surface area contributed by atoms with Crippen LogP contribution in [0.2, 0.25) is 10.0 Å². The molecule has 0 saturated heterocycles. The second-order valence-electron chi connectivity index (χ2n) is 5.08. The van der Waals surface area contributed by atoms with Gasteiger partial charge in [0.25, 0.3) is 0 Å². The molecule has 0 fully saturated rings. The number of amides is 1. The van der Waals surface area contributed by atoms with E-state index in [9.17, 15) is 4.79 Å². The Kier molecular flexibility index (Phi) is 7.17. The maximum Gasteiger partial charge on any atom is 0.242 e. The third kappa shape index (κ3) is 6.02. The summed E-state index contributed by atoms with van der Waals surface area (Å²) in [6.45, 7) is 5.98. The van der Waals surface area contributed by atoms with E-state index >= 15 is 0 Å². The lowest BCUT2D eigenvalue weighted by atomic mass is 10.1. The summed E-state index contributed by atoms with van der Waals surface area (Å²) in [5, 5.41) is 7.19. The molecule has 1 aromatic rings. The number of hydrogen-bond acceptors (Lipinski definition) is 2. The number of unbranched alkanes of at least 4 members (excludes halogenated alkanes) is 1. The van der Waals surface area contributed by atoms with Crippen molar-refractivity contribution >= 4 is 34.8 Å². The van der Waals surface area contributed by atoms with Crippen LogP contribution in [-0.2, 0) is 4.79 Å². The fourth-order valence-corrected chi connectivity index (χ4v) is 2.43. The van der Waals surface area contributed by atoms with E-state index in [0.29, 0.717) is 10.0 Å². The molecule has 0 bridgehead atoms. The molecule has 0 spiro atoms. The lowest BCUT2D eigenvalue weighted by Gasteiger charge is -2.19. The first-order chi connectivity index (χ1) is 9.42. The molecule has 1 unspecified atom stereocenters. The van der Waals surface area contributed by atoms with Gasteiger partial charge in [0.15, 0.2) is 0 Å². The van der Waals surface area contributed by atoms with Crippen molar-refractivity contribution in [2.24, 2.45) is 0 Å². The monoisotopic (exact) mass is 316 g/mol. The molecule has 20 heavy (non-hydrogen) atoms. The van der Waals surface area contributed by atoms with Gasteiger partial charge in [0.1, 0.15) is 6.04 Å². The second kappa shape index (κ2) is 8.38. The van der Waals surface area contributed by atoms with Crippen molar-refractivity contribution < 1.29 is 4.79 Å². The molecular formula is C15H22Cl2N2O. The molecule has 0 radical (unpaired) electrons. The van der Waals surface area contributed by atoms with Crippen LogP contribution >= 0.6 is 23.2 Å². The normalized spacial score (nSPS) is 13.7. The first-order valence-electron chi connectivity index (χ1n) is 6.95. The van der Waals surface area contributed by atoms with Crippen LogP contribution in [-0.4, -0.2) is 18.0 Å². The van der Waals surface area contributed by atoms with Crippen molar-refractivity contribution in [2.45, 2.75) is 52.1 Å². The number of anilines is 1. The smallest absolute Gasteiger partial charge is 0.242 e. The van der Waals surface area contributed by atoms with E-state index < -0.39 is 0 Å². The molecule has 1 aromatic carbocycles. The minimum absolute atomic E-state index is 0.0234. The van der Waals surface area contributed by atoms with Crippen LogP contribution in [0.4, 0.5) is 5.69 Å². The molecule has 1 rings (SSSR count). The number of carbonyl (C=O) groups is 1. The van der Waals surface area contributed by atoms with Gasteiger partial charge in [-0.3, -0.25) is 4.79 Å². The molecule has 0 aliphatic rings. The van der Waals surface area contributed by atoms with Crippen LogP contribution in [0.15, 0.2) is 18.2 Å². The average molecular weight is 317 g/mol. The van der Waals surface area contributed by atoms with E-state index in [1.54, 1.807) is 18.2 Å².